The van der Waals surface area contributed by atoms with Crippen LogP contribution in [0.15, 0.2) is 30.6 Å². The molecule has 102 valence electrons. The number of hydrogen-bond donors (Lipinski definition) is 1. The van der Waals surface area contributed by atoms with Crippen LogP contribution in [0.1, 0.15) is 24.4 Å². The molecule has 0 amide bonds. The Hall–Kier alpha value is -1.88. The van der Waals surface area contributed by atoms with E-state index in [1.165, 1.54) is 0 Å². The van der Waals surface area contributed by atoms with Crippen molar-refractivity contribution in [3.8, 4) is 5.75 Å². The first-order valence-electron chi connectivity index (χ1n) is 6.48. The number of likely N-dealkylation sites (N-methyl/N-ethyl adjacent to an activating group) is 1. The van der Waals surface area contributed by atoms with Crippen LogP contribution in [-0.2, 0) is 13.5 Å². The lowest BCUT2D eigenvalue weighted by Gasteiger charge is -2.19. The Kier molecular flexibility index (Phi) is 4.52. The second kappa shape index (κ2) is 6.33. The van der Waals surface area contributed by atoms with E-state index in [1.807, 2.05) is 39.2 Å². The van der Waals surface area contributed by atoms with Gasteiger partial charge < -0.3 is 10.1 Å². The van der Waals surface area contributed by atoms with Crippen LogP contribution in [0.2, 0.25) is 0 Å². The van der Waals surface area contributed by atoms with E-state index in [9.17, 15) is 0 Å². The monoisotopic (exact) mass is 260 g/mol. The SMILES string of the molecule is CCOc1ccccc1C(Cc1ncnn1C)NC. The second-order valence-corrected chi connectivity index (χ2v) is 4.32. The summed E-state index contributed by atoms with van der Waals surface area (Å²) < 4.78 is 7.49. The van der Waals surface area contributed by atoms with E-state index < -0.39 is 0 Å². The molecule has 1 N–H and O–H groups in total. The summed E-state index contributed by atoms with van der Waals surface area (Å²) in [5.41, 5.74) is 1.15. The Labute approximate surface area is 113 Å². The number of rotatable bonds is 6. The van der Waals surface area contributed by atoms with Gasteiger partial charge in [0, 0.05) is 25.1 Å². The molecule has 0 aliphatic carbocycles. The lowest BCUT2D eigenvalue weighted by molar-refractivity contribution is 0.331. The van der Waals surface area contributed by atoms with Crippen LogP contribution in [0, 0.1) is 0 Å². The quantitative estimate of drug-likeness (QED) is 0.859. The van der Waals surface area contributed by atoms with Gasteiger partial charge in [0.2, 0.25) is 0 Å². The number of nitrogens with one attached hydrogen (secondary N) is 1. The molecule has 0 fully saturated rings. The molecule has 2 aromatic rings. The van der Waals surface area contributed by atoms with Gasteiger partial charge in [0.1, 0.15) is 17.9 Å². The van der Waals surface area contributed by atoms with E-state index in [0.717, 1.165) is 23.6 Å². The largest absolute Gasteiger partial charge is 0.494 e. The van der Waals surface area contributed by atoms with Crippen molar-refractivity contribution in [2.24, 2.45) is 7.05 Å². The smallest absolute Gasteiger partial charge is 0.138 e. The molecule has 1 atom stereocenters. The number of hydrogen-bond acceptors (Lipinski definition) is 4. The second-order valence-electron chi connectivity index (χ2n) is 4.32. The molecule has 1 aromatic carbocycles. The van der Waals surface area contributed by atoms with Gasteiger partial charge in [-0.15, -0.1) is 0 Å². The molecule has 19 heavy (non-hydrogen) atoms. The molecule has 2 rings (SSSR count). The van der Waals surface area contributed by atoms with Crippen molar-refractivity contribution in [2.75, 3.05) is 13.7 Å². The molecule has 0 aliphatic rings. The third kappa shape index (κ3) is 3.12. The minimum absolute atomic E-state index is 0.158. The predicted molar refractivity (Wildman–Crippen MR) is 74.1 cm³/mol. The maximum Gasteiger partial charge on any atom is 0.138 e. The summed E-state index contributed by atoms with van der Waals surface area (Å²) in [5, 5.41) is 7.42. The van der Waals surface area contributed by atoms with Gasteiger partial charge in [-0.05, 0) is 20.0 Å². The minimum Gasteiger partial charge on any atom is -0.494 e. The average molecular weight is 260 g/mol. The first-order chi connectivity index (χ1) is 9.26. The van der Waals surface area contributed by atoms with E-state index in [2.05, 4.69) is 21.5 Å². The molecule has 0 bridgehead atoms. The molecule has 5 heteroatoms. The number of ether oxygens (including phenoxy) is 1. The molecule has 0 saturated carbocycles. The van der Waals surface area contributed by atoms with Gasteiger partial charge in [-0.2, -0.15) is 5.10 Å². The summed E-state index contributed by atoms with van der Waals surface area (Å²) in [7, 11) is 3.85. The summed E-state index contributed by atoms with van der Waals surface area (Å²) in [5.74, 6) is 1.87. The van der Waals surface area contributed by atoms with E-state index in [1.54, 1.807) is 11.0 Å². The van der Waals surface area contributed by atoms with Gasteiger partial charge in [0.15, 0.2) is 0 Å². The van der Waals surface area contributed by atoms with E-state index in [4.69, 9.17) is 4.74 Å². The molecule has 1 aromatic heterocycles. The third-order valence-electron chi connectivity index (χ3n) is 3.13. The first kappa shape index (κ1) is 13.5. The van der Waals surface area contributed by atoms with Crippen molar-refractivity contribution in [3.05, 3.63) is 42.0 Å². The van der Waals surface area contributed by atoms with Crippen LogP contribution >= 0.6 is 0 Å². The van der Waals surface area contributed by atoms with Gasteiger partial charge in [0.25, 0.3) is 0 Å². The summed E-state index contributed by atoms with van der Waals surface area (Å²) in [4.78, 5) is 4.28. The number of para-hydroxylation sites is 1. The van der Waals surface area contributed by atoms with Gasteiger partial charge in [0.05, 0.1) is 6.61 Å². The Morgan fingerprint density at radius 3 is 2.79 bits per heavy atom. The highest BCUT2D eigenvalue weighted by atomic mass is 16.5. The van der Waals surface area contributed by atoms with Crippen molar-refractivity contribution in [3.63, 3.8) is 0 Å². The lowest BCUT2D eigenvalue weighted by atomic mass is 10.0. The van der Waals surface area contributed by atoms with Crippen molar-refractivity contribution in [1.82, 2.24) is 20.1 Å². The molecule has 1 unspecified atom stereocenters. The summed E-state index contributed by atoms with van der Waals surface area (Å²) in [6.07, 6.45) is 2.35. The molecule has 0 aliphatic heterocycles. The Morgan fingerprint density at radius 1 is 1.37 bits per heavy atom. The predicted octanol–water partition coefficient (Wildman–Crippen LogP) is 1.72. The Morgan fingerprint density at radius 2 is 2.16 bits per heavy atom. The van der Waals surface area contributed by atoms with Gasteiger partial charge in [-0.3, -0.25) is 4.68 Å². The fourth-order valence-corrected chi connectivity index (χ4v) is 2.11. The lowest BCUT2D eigenvalue weighted by Crippen LogP contribution is -2.21. The highest BCUT2D eigenvalue weighted by molar-refractivity contribution is 5.36. The maximum atomic E-state index is 5.69. The maximum absolute atomic E-state index is 5.69. The fourth-order valence-electron chi connectivity index (χ4n) is 2.11. The van der Waals surface area contributed by atoms with E-state index in [0.29, 0.717) is 6.61 Å². The average Bonchev–Trinajstić information content (AvgIpc) is 2.83. The number of aromatic nitrogens is 3. The van der Waals surface area contributed by atoms with Gasteiger partial charge in [-0.1, -0.05) is 18.2 Å². The van der Waals surface area contributed by atoms with Crippen LogP contribution < -0.4 is 10.1 Å². The molecule has 0 radical (unpaired) electrons. The van der Waals surface area contributed by atoms with Crippen LogP contribution in [0.4, 0.5) is 0 Å². The van der Waals surface area contributed by atoms with Gasteiger partial charge in [-0.25, -0.2) is 4.98 Å². The van der Waals surface area contributed by atoms with Crippen molar-refractivity contribution >= 4 is 0 Å². The molecule has 0 saturated heterocycles. The highest BCUT2D eigenvalue weighted by Gasteiger charge is 2.17. The number of benzene rings is 1. The Bertz CT molecular complexity index is 524. The zero-order valence-corrected chi connectivity index (χ0v) is 11.6. The van der Waals surface area contributed by atoms with Crippen molar-refractivity contribution in [1.29, 1.82) is 0 Å². The number of nitrogens with zero attached hydrogens (tertiary/aromatic N) is 3. The Balaban J connectivity index is 2.24. The third-order valence-corrected chi connectivity index (χ3v) is 3.13. The van der Waals surface area contributed by atoms with E-state index >= 15 is 0 Å². The van der Waals surface area contributed by atoms with E-state index in [-0.39, 0.29) is 6.04 Å². The van der Waals surface area contributed by atoms with Crippen LogP contribution in [-0.4, -0.2) is 28.4 Å². The van der Waals surface area contributed by atoms with Crippen molar-refractivity contribution in [2.45, 2.75) is 19.4 Å². The zero-order valence-electron chi connectivity index (χ0n) is 11.6. The first-order valence-corrected chi connectivity index (χ1v) is 6.48. The van der Waals surface area contributed by atoms with Crippen LogP contribution in [0.3, 0.4) is 0 Å². The molecule has 1 heterocycles. The zero-order chi connectivity index (χ0) is 13.7. The summed E-state index contributed by atoms with van der Waals surface area (Å²) in [6, 6.07) is 8.26. The normalized spacial score (nSPS) is 12.4. The molecule has 0 spiro atoms. The molecular formula is C14H20N4O. The van der Waals surface area contributed by atoms with Gasteiger partial charge >= 0.3 is 0 Å². The minimum atomic E-state index is 0.158. The number of aryl methyl sites for hydroxylation is 1. The van der Waals surface area contributed by atoms with Crippen LogP contribution in [0.25, 0.3) is 0 Å². The van der Waals surface area contributed by atoms with Crippen molar-refractivity contribution < 1.29 is 4.74 Å². The fraction of sp³-hybridized carbons (Fsp3) is 0.429. The summed E-state index contributed by atoms with van der Waals surface area (Å²) >= 11 is 0. The highest BCUT2D eigenvalue weighted by Crippen LogP contribution is 2.26. The molecular weight excluding hydrogens is 240 g/mol. The topological polar surface area (TPSA) is 52.0 Å². The standard InChI is InChI=1S/C14H20N4O/c1-4-19-13-8-6-5-7-11(13)12(15-2)9-14-16-10-17-18(14)3/h5-8,10,12,15H,4,9H2,1-3H3. The summed E-state index contributed by atoms with van der Waals surface area (Å²) in [6.45, 7) is 2.66. The van der Waals surface area contributed by atoms with Crippen LogP contribution in [0.5, 0.6) is 5.75 Å². The molecule has 5 nitrogen and oxygen atoms in total.